The molecule has 0 saturated carbocycles. The normalized spacial score (nSPS) is 30.6. The number of hydrogen-bond acceptors (Lipinski definition) is 5. The molecule has 1 N–H and O–H groups in total. The van der Waals surface area contributed by atoms with Crippen LogP contribution in [0.4, 0.5) is 0 Å². The van der Waals surface area contributed by atoms with Crippen molar-refractivity contribution in [1.82, 2.24) is 0 Å². The molecule has 1 fully saturated rings. The van der Waals surface area contributed by atoms with Crippen molar-refractivity contribution < 1.29 is 19.1 Å². The standard InChI is InChI=1S/C12H24O4SSi/c1-12(2,3)18(4,5)15-7-9-11(14)8(13)6-10(17)16-9/h9-11,14,17H,6-7H2,1-5H3/t9-,10-,11+/m1/s1. The van der Waals surface area contributed by atoms with E-state index in [9.17, 15) is 9.90 Å². The van der Waals surface area contributed by atoms with Crippen LogP contribution >= 0.6 is 12.6 Å². The molecular formula is C12H24O4SSi. The minimum atomic E-state index is -1.89. The predicted octanol–water partition coefficient (Wildman–Crippen LogP) is 1.98. The van der Waals surface area contributed by atoms with Crippen LogP contribution in [-0.4, -0.2) is 43.5 Å². The van der Waals surface area contributed by atoms with Crippen LogP contribution in [-0.2, 0) is 14.0 Å². The van der Waals surface area contributed by atoms with Crippen LogP contribution in [0.1, 0.15) is 27.2 Å². The molecule has 0 aromatic heterocycles. The fourth-order valence-corrected chi connectivity index (χ4v) is 2.81. The van der Waals surface area contributed by atoms with Crippen molar-refractivity contribution in [2.75, 3.05) is 6.61 Å². The van der Waals surface area contributed by atoms with Gasteiger partial charge in [-0.15, -0.1) is 12.6 Å². The topological polar surface area (TPSA) is 55.8 Å². The lowest BCUT2D eigenvalue weighted by Crippen LogP contribution is -2.50. The van der Waals surface area contributed by atoms with Crippen molar-refractivity contribution in [3.8, 4) is 0 Å². The lowest BCUT2D eigenvalue weighted by Gasteiger charge is -2.39. The van der Waals surface area contributed by atoms with E-state index >= 15 is 0 Å². The second kappa shape index (κ2) is 5.62. The number of thiol groups is 1. The van der Waals surface area contributed by atoms with E-state index in [1.165, 1.54) is 0 Å². The van der Waals surface area contributed by atoms with E-state index in [4.69, 9.17) is 9.16 Å². The zero-order valence-electron chi connectivity index (χ0n) is 11.8. The predicted molar refractivity (Wildman–Crippen MR) is 76.4 cm³/mol. The fraction of sp³-hybridized carbons (Fsp3) is 0.917. The lowest BCUT2D eigenvalue weighted by molar-refractivity contribution is -0.152. The first-order chi connectivity index (χ1) is 8.04. The highest BCUT2D eigenvalue weighted by Crippen LogP contribution is 2.37. The molecule has 0 bridgehead atoms. The Labute approximate surface area is 116 Å². The van der Waals surface area contributed by atoms with Crippen LogP contribution in [0.5, 0.6) is 0 Å². The zero-order valence-corrected chi connectivity index (χ0v) is 13.7. The third-order valence-electron chi connectivity index (χ3n) is 3.80. The molecule has 0 unspecified atom stereocenters. The van der Waals surface area contributed by atoms with Gasteiger partial charge in [0.25, 0.3) is 0 Å². The van der Waals surface area contributed by atoms with Crippen LogP contribution < -0.4 is 0 Å². The number of hydrogen-bond donors (Lipinski definition) is 2. The number of carbonyl (C=O) groups excluding carboxylic acids is 1. The number of carbonyl (C=O) groups is 1. The van der Waals surface area contributed by atoms with Crippen molar-refractivity contribution >= 4 is 26.7 Å². The minimum absolute atomic E-state index is 0.0942. The summed E-state index contributed by atoms with van der Waals surface area (Å²) in [5.41, 5.74) is -0.436. The summed E-state index contributed by atoms with van der Waals surface area (Å²) in [6, 6.07) is 0. The molecule has 1 saturated heterocycles. The van der Waals surface area contributed by atoms with E-state index in [-0.39, 0.29) is 23.8 Å². The summed E-state index contributed by atoms with van der Waals surface area (Å²) < 4.78 is 11.4. The van der Waals surface area contributed by atoms with Gasteiger partial charge in [0, 0.05) is 6.42 Å². The number of ether oxygens (including phenoxy) is 1. The maximum atomic E-state index is 11.5. The molecule has 1 rings (SSSR count). The van der Waals surface area contributed by atoms with Crippen molar-refractivity contribution in [3.05, 3.63) is 0 Å². The van der Waals surface area contributed by atoms with Gasteiger partial charge in [0.2, 0.25) is 0 Å². The Morgan fingerprint density at radius 3 is 2.56 bits per heavy atom. The number of ketones is 1. The minimum Gasteiger partial charge on any atom is -0.414 e. The summed E-state index contributed by atoms with van der Waals surface area (Å²) in [6.45, 7) is 10.9. The second-order valence-corrected chi connectivity index (χ2v) is 11.7. The molecule has 18 heavy (non-hydrogen) atoms. The summed E-state index contributed by atoms with van der Waals surface area (Å²) in [4.78, 5) is 11.5. The molecule has 0 aromatic carbocycles. The number of Topliss-reactive ketones (excluding diaryl/α,β-unsaturated/α-hetero) is 1. The molecule has 3 atom stereocenters. The first-order valence-corrected chi connectivity index (χ1v) is 9.65. The van der Waals surface area contributed by atoms with E-state index in [0.29, 0.717) is 0 Å². The Bertz CT molecular complexity index is 314. The third kappa shape index (κ3) is 3.80. The van der Waals surface area contributed by atoms with Gasteiger partial charge < -0.3 is 14.3 Å². The molecule has 0 radical (unpaired) electrons. The zero-order chi connectivity index (χ0) is 14.1. The second-order valence-electron chi connectivity index (χ2n) is 6.32. The number of aliphatic hydroxyl groups excluding tert-OH is 1. The highest BCUT2D eigenvalue weighted by molar-refractivity contribution is 7.80. The molecule has 0 amide bonds. The molecule has 4 nitrogen and oxygen atoms in total. The number of aliphatic hydroxyl groups is 1. The summed E-state index contributed by atoms with van der Waals surface area (Å²) >= 11 is 4.14. The molecule has 1 aliphatic heterocycles. The maximum Gasteiger partial charge on any atom is 0.192 e. The summed E-state index contributed by atoms with van der Waals surface area (Å²) in [7, 11) is -1.89. The smallest absolute Gasteiger partial charge is 0.192 e. The molecule has 1 heterocycles. The van der Waals surface area contributed by atoms with E-state index in [1.807, 2.05) is 0 Å². The Kier molecular flexibility index (Phi) is 5.05. The quantitative estimate of drug-likeness (QED) is 0.617. The van der Waals surface area contributed by atoms with Gasteiger partial charge in [-0.1, -0.05) is 20.8 Å². The van der Waals surface area contributed by atoms with Gasteiger partial charge in [0.05, 0.1) is 6.61 Å². The summed E-state index contributed by atoms with van der Waals surface area (Å²) in [6.07, 6.45) is -1.53. The summed E-state index contributed by atoms with van der Waals surface area (Å²) in [5, 5.41) is 9.88. The van der Waals surface area contributed by atoms with E-state index in [1.54, 1.807) is 0 Å². The van der Waals surface area contributed by atoms with E-state index < -0.39 is 26.0 Å². The van der Waals surface area contributed by atoms with Crippen molar-refractivity contribution in [2.24, 2.45) is 0 Å². The van der Waals surface area contributed by atoms with Crippen molar-refractivity contribution in [2.45, 2.75) is 63.0 Å². The van der Waals surface area contributed by atoms with Gasteiger partial charge in [-0.05, 0) is 18.1 Å². The Morgan fingerprint density at radius 1 is 1.50 bits per heavy atom. The van der Waals surface area contributed by atoms with Crippen LogP contribution in [0.3, 0.4) is 0 Å². The first-order valence-electron chi connectivity index (χ1n) is 6.23. The average Bonchev–Trinajstić information content (AvgIpc) is 2.19. The highest BCUT2D eigenvalue weighted by Gasteiger charge is 2.40. The Hall–Kier alpha value is 0.117. The lowest BCUT2D eigenvalue weighted by atomic mass is 10.1. The van der Waals surface area contributed by atoms with Crippen LogP contribution in [0, 0.1) is 0 Å². The SMILES string of the molecule is CC(C)(C)[Si](C)(C)OC[C@H]1O[C@H](S)CC(=O)[C@@H]1O. The largest absolute Gasteiger partial charge is 0.414 e. The van der Waals surface area contributed by atoms with E-state index in [0.717, 1.165) is 0 Å². The first kappa shape index (κ1) is 16.2. The van der Waals surface area contributed by atoms with Gasteiger partial charge in [-0.2, -0.15) is 0 Å². The highest BCUT2D eigenvalue weighted by atomic mass is 32.1. The van der Waals surface area contributed by atoms with Gasteiger partial charge in [-0.25, -0.2) is 0 Å². The summed E-state index contributed by atoms with van der Waals surface area (Å²) in [5.74, 6) is -0.218. The molecule has 0 aromatic rings. The molecular weight excluding hydrogens is 268 g/mol. The van der Waals surface area contributed by atoms with Crippen LogP contribution in [0.15, 0.2) is 0 Å². The van der Waals surface area contributed by atoms with Crippen molar-refractivity contribution in [1.29, 1.82) is 0 Å². The van der Waals surface area contributed by atoms with Gasteiger partial charge >= 0.3 is 0 Å². The van der Waals surface area contributed by atoms with Crippen LogP contribution in [0.25, 0.3) is 0 Å². The van der Waals surface area contributed by atoms with Gasteiger partial charge in [0.1, 0.15) is 17.6 Å². The molecule has 106 valence electrons. The van der Waals surface area contributed by atoms with Gasteiger partial charge in [-0.3, -0.25) is 4.79 Å². The molecule has 0 spiro atoms. The average molecular weight is 292 g/mol. The Balaban J connectivity index is 2.60. The monoisotopic (exact) mass is 292 g/mol. The fourth-order valence-electron chi connectivity index (χ4n) is 1.46. The molecule has 0 aliphatic carbocycles. The maximum absolute atomic E-state index is 11.5. The molecule has 1 aliphatic rings. The number of rotatable bonds is 3. The van der Waals surface area contributed by atoms with Crippen molar-refractivity contribution in [3.63, 3.8) is 0 Å². The Morgan fingerprint density at radius 2 is 2.06 bits per heavy atom. The third-order valence-corrected chi connectivity index (χ3v) is 8.61. The van der Waals surface area contributed by atoms with Gasteiger partial charge in [0.15, 0.2) is 14.1 Å². The van der Waals surface area contributed by atoms with E-state index in [2.05, 4.69) is 46.5 Å². The van der Waals surface area contributed by atoms with Crippen LogP contribution in [0.2, 0.25) is 18.1 Å². The molecule has 6 heteroatoms.